The van der Waals surface area contributed by atoms with Crippen LogP contribution in [-0.2, 0) is 14.3 Å². The Morgan fingerprint density at radius 2 is 1.86 bits per heavy atom. The molecule has 84 valence electrons. The molecule has 0 amide bonds. The van der Waals surface area contributed by atoms with Crippen molar-refractivity contribution in [3.05, 3.63) is 0 Å². The van der Waals surface area contributed by atoms with Crippen LogP contribution in [-0.4, -0.2) is 49.7 Å². The summed E-state index contributed by atoms with van der Waals surface area (Å²) in [5.74, 6) is -0.354. The lowest BCUT2D eigenvalue weighted by Gasteiger charge is -2.27. The zero-order valence-corrected chi connectivity index (χ0v) is 8.65. The number of rotatable bonds is 7. The third kappa shape index (κ3) is 4.04. The van der Waals surface area contributed by atoms with Crippen LogP contribution in [0.4, 0.5) is 0 Å². The Morgan fingerprint density at radius 1 is 1.29 bits per heavy atom. The van der Waals surface area contributed by atoms with Gasteiger partial charge in [0.25, 0.3) is 0 Å². The fourth-order valence-corrected chi connectivity index (χ4v) is 0.916. The van der Waals surface area contributed by atoms with Gasteiger partial charge in [-0.15, -0.1) is 0 Å². The smallest absolute Gasteiger partial charge is 0.305 e. The number of carbonyl (C=O) groups excluding carboxylic acids is 1. The molecule has 5 heteroatoms. The summed E-state index contributed by atoms with van der Waals surface area (Å²) in [6.07, 6.45) is 0.278. The van der Waals surface area contributed by atoms with Gasteiger partial charge in [-0.05, 0) is 0 Å². The molecule has 14 heavy (non-hydrogen) atoms. The second-order valence-electron chi connectivity index (χ2n) is 3.26. The molecule has 5 nitrogen and oxygen atoms in total. The van der Waals surface area contributed by atoms with Gasteiger partial charge < -0.3 is 19.7 Å². The number of methoxy groups -OCH3 is 1. The van der Waals surface area contributed by atoms with Gasteiger partial charge in [0.15, 0.2) is 0 Å². The molecule has 0 aliphatic heterocycles. The maximum absolute atomic E-state index is 10.9. The molecule has 0 fully saturated rings. The maximum Gasteiger partial charge on any atom is 0.305 e. The third-order valence-electron chi connectivity index (χ3n) is 1.95. The molecule has 0 unspecified atom stereocenters. The highest BCUT2D eigenvalue weighted by molar-refractivity contribution is 5.68. The Kier molecular flexibility index (Phi) is 6.44. The molecule has 0 aliphatic carbocycles. The van der Waals surface area contributed by atoms with Gasteiger partial charge >= 0.3 is 5.97 Å². The van der Waals surface area contributed by atoms with E-state index in [2.05, 4.69) is 0 Å². The second-order valence-corrected chi connectivity index (χ2v) is 3.26. The van der Waals surface area contributed by atoms with Crippen LogP contribution in [0.5, 0.6) is 0 Å². The van der Waals surface area contributed by atoms with Gasteiger partial charge in [-0.3, -0.25) is 4.79 Å². The van der Waals surface area contributed by atoms with Crippen LogP contribution in [0.3, 0.4) is 0 Å². The fraction of sp³-hybridized carbons (Fsp3) is 0.889. The number of aliphatic hydroxyl groups excluding tert-OH is 2. The SMILES string of the molecule is CCC(=O)OCC(CO)(CO)COC. The van der Waals surface area contributed by atoms with E-state index in [0.717, 1.165) is 0 Å². The van der Waals surface area contributed by atoms with Gasteiger partial charge in [-0.1, -0.05) is 6.92 Å². The first-order valence-electron chi connectivity index (χ1n) is 4.50. The molecule has 0 radical (unpaired) electrons. The summed E-state index contributed by atoms with van der Waals surface area (Å²) in [5.41, 5.74) is -0.889. The normalized spacial score (nSPS) is 11.4. The molecular weight excluding hydrogens is 188 g/mol. The van der Waals surface area contributed by atoms with Gasteiger partial charge in [0, 0.05) is 13.5 Å². The van der Waals surface area contributed by atoms with Crippen LogP contribution in [0.15, 0.2) is 0 Å². The topological polar surface area (TPSA) is 76.0 Å². The predicted molar refractivity (Wildman–Crippen MR) is 49.7 cm³/mol. The quantitative estimate of drug-likeness (QED) is 0.552. The van der Waals surface area contributed by atoms with Crippen LogP contribution in [0, 0.1) is 5.41 Å². The van der Waals surface area contributed by atoms with E-state index in [9.17, 15) is 4.79 Å². The molecule has 0 heterocycles. The number of ether oxygens (including phenoxy) is 2. The van der Waals surface area contributed by atoms with Crippen LogP contribution in [0.1, 0.15) is 13.3 Å². The molecule has 0 bridgehead atoms. The summed E-state index contributed by atoms with van der Waals surface area (Å²) in [6, 6.07) is 0. The predicted octanol–water partition coefficient (Wildman–Crippen LogP) is -0.443. The second kappa shape index (κ2) is 6.75. The van der Waals surface area contributed by atoms with Crippen molar-refractivity contribution in [1.29, 1.82) is 0 Å². The minimum Gasteiger partial charge on any atom is -0.465 e. The lowest BCUT2D eigenvalue weighted by Crippen LogP contribution is -2.40. The average Bonchev–Trinajstić information content (AvgIpc) is 2.24. The molecule has 0 saturated heterocycles. The van der Waals surface area contributed by atoms with Crippen LogP contribution in [0.2, 0.25) is 0 Å². The molecule has 0 aromatic heterocycles. The summed E-state index contributed by atoms with van der Waals surface area (Å²) >= 11 is 0. The molecule has 0 spiro atoms. The first-order chi connectivity index (χ1) is 6.64. The molecule has 0 rings (SSSR count). The Hall–Kier alpha value is -0.650. The average molecular weight is 206 g/mol. The molecule has 0 aliphatic rings. The van der Waals surface area contributed by atoms with Gasteiger partial charge in [-0.25, -0.2) is 0 Å². The first kappa shape index (κ1) is 13.4. The lowest BCUT2D eigenvalue weighted by molar-refractivity contribution is -0.151. The Morgan fingerprint density at radius 3 is 2.21 bits per heavy atom. The summed E-state index contributed by atoms with van der Waals surface area (Å²) in [4.78, 5) is 10.9. The molecule has 2 N–H and O–H groups in total. The Labute approximate surface area is 83.6 Å². The van der Waals surface area contributed by atoms with E-state index in [-0.39, 0.29) is 38.8 Å². The molecule has 0 aromatic carbocycles. The Bertz CT molecular complexity index is 165. The lowest BCUT2D eigenvalue weighted by atomic mass is 9.92. The van der Waals surface area contributed by atoms with Crippen LogP contribution < -0.4 is 0 Å². The Balaban J connectivity index is 4.13. The van der Waals surface area contributed by atoms with Crippen molar-refractivity contribution in [2.24, 2.45) is 5.41 Å². The van der Waals surface area contributed by atoms with E-state index in [0.29, 0.717) is 0 Å². The summed E-state index contributed by atoms with van der Waals surface area (Å²) in [5, 5.41) is 18.1. The largest absolute Gasteiger partial charge is 0.465 e. The zero-order chi connectivity index (χ0) is 11.0. The number of hydrogen-bond donors (Lipinski definition) is 2. The molecular formula is C9H18O5. The minimum absolute atomic E-state index is 0.0273. The number of hydrogen-bond acceptors (Lipinski definition) is 5. The van der Waals surface area contributed by atoms with Crippen molar-refractivity contribution in [2.45, 2.75) is 13.3 Å². The van der Waals surface area contributed by atoms with E-state index in [1.807, 2.05) is 0 Å². The third-order valence-corrected chi connectivity index (χ3v) is 1.95. The number of carbonyl (C=O) groups is 1. The van der Waals surface area contributed by atoms with Crippen molar-refractivity contribution in [3.63, 3.8) is 0 Å². The van der Waals surface area contributed by atoms with Crippen molar-refractivity contribution < 1.29 is 24.5 Å². The highest BCUT2D eigenvalue weighted by atomic mass is 16.5. The van der Waals surface area contributed by atoms with Crippen LogP contribution in [0.25, 0.3) is 0 Å². The summed E-state index contributed by atoms with van der Waals surface area (Å²) in [7, 11) is 1.46. The monoisotopic (exact) mass is 206 g/mol. The van der Waals surface area contributed by atoms with Crippen molar-refractivity contribution in [1.82, 2.24) is 0 Å². The van der Waals surface area contributed by atoms with E-state index in [1.54, 1.807) is 6.92 Å². The summed E-state index contributed by atoms with van der Waals surface area (Å²) in [6.45, 7) is 1.23. The number of esters is 1. The molecule has 0 aromatic rings. The molecule has 0 saturated carbocycles. The molecule has 0 atom stereocenters. The van der Waals surface area contributed by atoms with Gasteiger partial charge in [-0.2, -0.15) is 0 Å². The number of aliphatic hydroxyl groups is 2. The van der Waals surface area contributed by atoms with E-state index < -0.39 is 5.41 Å². The summed E-state index contributed by atoms with van der Waals surface area (Å²) < 4.78 is 9.70. The van der Waals surface area contributed by atoms with E-state index in [1.165, 1.54) is 7.11 Å². The van der Waals surface area contributed by atoms with Crippen molar-refractivity contribution in [2.75, 3.05) is 33.5 Å². The zero-order valence-electron chi connectivity index (χ0n) is 8.65. The highest BCUT2D eigenvalue weighted by Crippen LogP contribution is 2.16. The van der Waals surface area contributed by atoms with E-state index in [4.69, 9.17) is 19.7 Å². The van der Waals surface area contributed by atoms with Crippen molar-refractivity contribution in [3.8, 4) is 0 Å². The van der Waals surface area contributed by atoms with Gasteiger partial charge in [0.2, 0.25) is 0 Å². The standard InChI is InChI=1S/C9H18O5/c1-3-8(12)14-7-9(4-10,5-11)6-13-2/h10-11H,3-7H2,1-2H3. The van der Waals surface area contributed by atoms with Gasteiger partial charge in [0.1, 0.15) is 6.61 Å². The fourth-order valence-electron chi connectivity index (χ4n) is 0.916. The van der Waals surface area contributed by atoms with Crippen LogP contribution >= 0.6 is 0 Å². The van der Waals surface area contributed by atoms with E-state index >= 15 is 0 Å². The maximum atomic E-state index is 10.9. The van der Waals surface area contributed by atoms with Gasteiger partial charge in [0.05, 0.1) is 25.2 Å². The van der Waals surface area contributed by atoms with Crippen molar-refractivity contribution >= 4 is 5.97 Å². The highest BCUT2D eigenvalue weighted by Gasteiger charge is 2.30. The first-order valence-corrected chi connectivity index (χ1v) is 4.50. The minimum atomic E-state index is -0.889.